The Hall–Kier alpha value is -1.16. The van der Waals surface area contributed by atoms with E-state index in [-0.39, 0.29) is 11.5 Å². The fraction of sp³-hybridized carbons (Fsp3) is 0.462. The second-order valence-electron chi connectivity index (χ2n) is 4.38. The average Bonchev–Trinajstić information content (AvgIpc) is 2.28. The summed E-state index contributed by atoms with van der Waals surface area (Å²) in [6, 6.07) is 7.14. The van der Waals surface area contributed by atoms with Crippen LogP contribution in [0, 0.1) is 0 Å². The van der Waals surface area contributed by atoms with Gasteiger partial charge in [0.25, 0.3) is 0 Å². The Morgan fingerprint density at radius 2 is 1.71 bits per heavy atom. The van der Waals surface area contributed by atoms with Crippen molar-refractivity contribution in [3.63, 3.8) is 0 Å². The van der Waals surface area contributed by atoms with Crippen molar-refractivity contribution >= 4 is 15.6 Å². The summed E-state index contributed by atoms with van der Waals surface area (Å²) in [5.74, 6) is -0.325. The van der Waals surface area contributed by atoms with Crippen LogP contribution in [0.4, 0.5) is 0 Å². The number of ketones is 1. The lowest BCUT2D eigenvalue weighted by atomic mass is 10.0. The van der Waals surface area contributed by atoms with Gasteiger partial charge in [0.05, 0.1) is 0 Å². The molecule has 0 aliphatic carbocycles. The molecule has 0 radical (unpaired) electrons. The fourth-order valence-corrected chi connectivity index (χ4v) is 2.21. The van der Waals surface area contributed by atoms with Gasteiger partial charge in [-0.15, -0.1) is 0 Å². The third-order valence-electron chi connectivity index (χ3n) is 2.69. The van der Waals surface area contributed by atoms with Crippen molar-refractivity contribution in [1.82, 2.24) is 0 Å². The van der Waals surface area contributed by atoms with Gasteiger partial charge in [-0.05, 0) is 11.5 Å². The van der Waals surface area contributed by atoms with Crippen LogP contribution in [0.15, 0.2) is 24.3 Å². The molecule has 0 unspecified atom stereocenters. The van der Waals surface area contributed by atoms with Crippen molar-refractivity contribution in [3.05, 3.63) is 35.4 Å². The number of benzene rings is 1. The van der Waals surface area contributed by atoms with Crippen LogP contribution in [0.1, 0.15) is 42.6 Å². The summed E-state index contributed by atoms with van der Waals surface area (Å²) in [6.45, 7) is 5.68. The summed E-state index contributed by atoms with van der Waals surface area (Å²) >= 11 is 0. The van der Waals surface area contributed by atoms with E-state index in [9.17, 15) is 13.2 Å². The smallest absolute Gasteiger partial charge is 0.177 e. The molecule has 0 N–H and O–H groups in total. The Balaban J connectivity index is 2.84. The molecule has 1 rings (SSSR count). The number of rotatable bonds is 5. The molecule has 1 aromatic carbocycles. The minimum absolute atomic E-state index is 0.00280. The van der Waals surface area contributed by atoms with E-state index in [2.05, 4.69) is 13.8 Å². The number of carbonyl (C=O) groups is 1. The van der Waals surface area contributed by atoms with Crippen LogP contribution >= 0.6 is 0 Å². The highest BCUT2D eigenvalue weighted by atomic mass is 32.2. The van der Waals surface area contributed by atoms with Crippen LogP contribution in [0.2, 0.25) is 0 Å². The first-order chi connectivity index (χ1) is 7.85. The van der Waals surface area contributed by atoms with E-state index in [1.807, 2.05) is 12.1 Å². The zero-order valence-electron chi connectivity index (χ0n) is 10.4. The summed E-state index contributed by atoms with van der Waals surface area (Å²) in [4.78, 5) is 11.7. The molecule has 0 saturated carbocycles. The molecule has 1 aromatic rings. The maximum Gasteiger partial charge on any atom is 0.177 e. The second kappa shape index (κ2) is 5.45. The van der Waals surface area contributed by atoms with Crippen LogP contribution in [0.3, 0.4) is 0 Å². The highest BCUT2D eigenvalue weighted by Crippen LogP contribution is 2.15. The summed E-state index contributed by atoms with van der Waals surface area (Å²) in [5, 5.41) is 0. The van der Waals surface area contributed by atoms with Gasteiger partial charge < -0.3 is 0 Å². The third kappa shape index (κ3) is 3.97. The van der Waals surface area contributed by atoms with Crippen molar-refractivity contribution in [2.24, 2.45) is 0 Å². The molecule has 0 aromatic heterocycles. The van der Waals surface area contributed by atoms with Gasteiger partial charge in [0.1, 0.15) is 5.75 Å². The molecule has 94 valence electrons. The molecule has 17 heavy (non-hydrogen) atoms. The summed E-state index contributed by atoms with van der Waals surface area (Å²) < 4.78 is 22.7. The number of carbonyl (C=O) groups excluding carboxylic acids is 1. The van der Waals surface area contributed by atoms with Gasteiger partial charge in [0.2, 0.25) is 0 Å². The van der Waals surface area contributed by atoms with Crippen LogP contribution < -0.4 is 0 Å². The Morgan fingerprint density at radius 1 is 1.18 bits per heavy atom. The molecule has 0 spiro atoms. The van der Waals surface area contributed by atoms with Crippen molar-refractivity contribution < 1.29 is 13.2 Å². The first kappa shape index (κ1) is 13.9. The van der Waals surface area contributed by atoms with Crippen molar-refractivity contribution in [1.29, 1.82) is 0 Å². The highest BCUT2D eigenvalue weighted by Gasteiger charge is 2.15. The van der Waals surface area contributed by atoms with E-state index >= 15 is 0 Å². The molecule has 0 fully saturated rings. The van der Waals surface area contributed by atoms with Crippen LogP contribution in [0.5, 0.6) is 0 Å². The molecule has 4 heteroatoms. The monoisotopic (exact) mass is 254 g/mol. The predicted octanol–water partition coefficient (Wildman–Crippen LogP) is 2.43. The van der Waals surface area contributed by atoms with Crippen LogP contribution in [0.25, 0.3) is 0 Å². The molecule has 0 aliphatic rings. The molecule has 0 bridgehead atoms. The summed E-state index contributed by atoms with van der Waals surface area (Å²) in [5.41, 5.74) is 1.60. The summed E-state index contributed by atoms with van der Waals surface area (Å²) in [7, 11) is -3.24. The Morgan fingerprint density at radius 3 is 2.12 bits per heavy atom. The lowest BCUT2D eigenvalue weighted by Gasteiger charge is -2.06. The van der Waals surface area contributed by atoms with E-state index in [1.165, 1.54) is 0 Å². The Labute approximate surface area is 103 Å². The zero-order valence-corrected chi connectivity index (χ0v) is 11.3. The second-order valence-corrected chi connectivity index (χ2v) is 6.73. The molecule has 3 nitrogen and oxygen atoms in total. The highest BCUT2D eigenvalue weighted by molar-refractivity contribution is 7.92. The third-order valence-corrected chi connectivity index (χ3v) is 4.27. The molecular formula is C13H18O3S. The molecule has 0 aliphatic heterocycles. The van der Waals surface area contributed by atoms with Gasteiger partial charge in [0.15, 0.2) is 15.6 Å². The SMILES string of the molecule is CCS(=O)(=O)CC(=O)c1ccc(C(C)C)cc1. The number of sulfone groups is 1. The van der Waals surface area contributed by atoms with Crippen molar-refractivity contribution in [2.75, 3.05) is 11.5 Å². The van der Waals surface area contributed by atoms with Crippen LogP contribution in [-0.2, 0) is 9.84 Å². The maximum absolute atomic E-state index is 11.7. The van der Waals surface area contributed by atoms with Crippen molar-refractivity contribution in [2.45, 2.75) is 26.7 Å². The quantitative estimate of drug-likeness (QED) is 0.758. The standard InChI is InChI=1S/C13H18O3S/c1-4-17(15,16)9-13(14)12-7-5-11(6-8-12)10(2)3/h5-8,10H,4,9H2,1-3H3. The molecule has 0 heterocycles. The first-order valence-electron chi connectivity index (χ1n) is 5.69. The lowest BCUT2D eigenvalue weighted by Crippen LogP contribution is -2.17. The zero-order chi connectivity index (χ0) is 13.1. The minimum atomic E-state index is -3.24. The number of hydrogen-bond donors (Lipinski definition) is 0. The van der Waals surface area contributed by atoms with E-state index in [4.69, 9.17) is 0 Å². The average molecular weight is 254 g/mol. The molecule has 0 atom stereocenters. The predicted molar refractivity (Wildman–Crippen MR) is 69.2 cm³/mol. The molecule has 0 saturated heterocycles. The fourth-order valence-electron chi connectivity index (χ4n) is 1.44. The largest absolute Gasteiger partial charge is 0.293 e. The maximum atomic E-state index is 11.7. The van der Waals surface area contributed by atoms with Gasteiger partial charge in [-0.1, -0.05) is 45.0 Å². The Bertz CT molecular complexity index is 484. The van der Waals surface area contributed by atoms with Crippen molar-refractivity contribution in [3.8, 4) is 0 Å². The molecule has 0 amide bonds. The van der Waals surface area contributed by atoms with Gasteiger partial charge >= 0.3 is 0 Å². The number of Topliss-reactive ketones (excluding diaryl/α,β-unsaturated/α-hetero) is 1. The van der Waals surface area contributed by atoms with E-state index < -0.39 is 15.6 Å². The molecular weight excluding hydrogens is 236 g/mol. The first-order valence-corrected chi connectivity index (χ1v) is 7.51. The van der Waals surface area contributed by atoms with E-state index in [0.29, 0.717) is 11.5 Å². The number of hydrogen-bond acceptors (Lipinski definition) is 3. The normalized spacial score (nSPS) is 11.8. The van der Waals surface area contributed by atoms with E-state index in [0.717, 1.165) is 5.56 Å². The summed E-state index contributed by atoms with van der Waals surface area (Å²) in [6.07, 6.45) is 0. The van der Waals surface area contributed by atoms with Crippen LogP contribution in [-0.4, -0.2) is 25.7 Å². The van der Waals surface area contributed by atoms with E-state index in [1.54, 1.807) is 19.1 Å². The Kier molecular flexibility index (Phi) is 4.46. The van der Waals surface area contributed by atoms with Gasteiger partial charge in [-0.25, -0.2) is 8.42 Å². The minimum Gasteiger partial charge on any atom is -0.293 e. The topological polar surface area (TPSA) is 51.2 Å². The van der Waals surface area contributed by atoms with Gasteiger partial charge in [-0.2, -0.15) is 0 Å². The lowest BCUT2D eigenvalue weighted by molar-refractivity contribution is 0.102. The van der Waals surface area contributed by atoms with Gasteiger partial charge in [0, 0.05) is 11.3 Å². The van der Waals surface area contributed by atoms with Gasteiger partial charge in [-0.3, -0.25) is 4.79 Å².